The Labute approximate surface area is 194 Å². The van der Waals surface area contributed by atoms with E-state index in [4.69, 9.17) is 4.74 Å². The van der Waals surface area contributed by atoms with Crippen molar-refractivity contribution in [3.05, 3.63) is 57.1 Å². The first-order chi connectivity index (χ1) is 16.1. The van der Waals surface area contributed by atoms with Crippen molar-refractivity contribution in [1.29, 1.82) is 0 Å². The monoisotopic (exact) mass is 466 g/mol. The summed E-state index contributed by atoms with van der Waals surface area (Å²) in [5.41, 5.74) is 1.72. The van der Waals surface area contributed by atoms with Crippen LogP contribution in [0.4, 0.5) is 4.79 Å². The average molecular weight is 467 g/mol. The molecule has 0 radical (unpaired) electrons. The molecule has 1 saturated heterocycles. The lowest BCUT2D eigenvalue weighted by Gasteiger charge is -2.34. The zero-order valence-electron chi connectivity index (χ0n) is 18.2. The van der Waals surface area contributed by atoms with Crippen LogP contribution in [0.5, 0.6) is 5.75 Å². The summed E-state index contributed by atoms with van der Waals surface area (Å²) in [5.74, 6) is 0.731. The number of piperazine rings is 1. The summed E-state index contributed by atoms with van der Waals surface area (Å²) in [5, 5.41) is 5.99. The van der Waals surface area contributed by atoms with Crippen molar-refractivity contribution in [3.63, 3.8) is 0 Å². The molecule has 3 aromatic heterocycles. The van der Waals surface area contributed by atoms with E-state index >= 15 is 0 Å². The zero-order valence-corrected chi connectivity index (χ0v) is 19.0. The number of pyridine rings is 1. The van der Waals surface area contributed by atoms with E-state index in [1.165, 1.54) is 4.88 Å². The van der Waals surface area contributed by atoms with Crippen LogP contribution >= 0.6 is 11.3 Å². The van der Waals surface area contributed by atoms with Crippen molar-refractivity contribution in [1.82, 2.24) is 30.1 Å². The van der Waals surface area contributed by atoms with Gasteiger partial charge in [-0.05, 0) is 42.1 Å². The Bertz CT molecular complexity index is 1290. The molecule has 0 saturated carbocycles. The maximum absolute atomic E-state index is 12.4. The van der Waals surface area contributed by atoms with E-state index in [2.05, 4.69) is 42.7 Å². The fourth-order valence-corrected chi connectivity index (χ4v) is 4.74. The predicted octanol–water partition coefficient (Wildman–Crippen LogP) is 2.76. The molecule has 2 amide bonds. The number of thiophene rings is 1. The number of urea groups is 1. The summed E-state index contributed by atoms with van der Waals surface area (Å²) in [7, 11) is 0. The molecule has 4 aromatic rings. The van der Waals surface area contributed by atoms with Gasteiger partial charge in [-0.25, -0.2) is 14.6 Å². The molecule has 0 bridgehead atoms. The molecule has 1 fully saturated rings. The molecule has 1 aliphatic rings. The maximum Gasteiger partial charge on any atom is 0.325 e. The smallest absolute Gasteiger partial charge is 0.325 e. The largest absolute Gasteiger partial charge is 0.494 e. The van der Waals surface area contributed by atoms with Gasteiger partial charge in [0.15, 0.2) is 5.65 Å². The van der Waals surface area contributed by atoms with Crippen LogP contribution in [0.1, 0.15) is 11.3 Å². The molecule has 0 spiro atoms. The Morgan fingerprint density at radius 2 is 2.03 bits per heavy atom. The van der Waals surface area contributed by atoms with Crippen molar-refractivity contribution in [2.24, 2.45) is 0 Å². The van der Waals surface area contributed by atoms with Crippen molar-refractivity contribution in [2.75, 3.05) is 39.3 Å². The number of ether oxygens (including phenoxy) is 1. The molecule has 0 atom stereocenters. The van der Waals surface area contributed by atoms with Crippen LogP contribution in [0.3, 0.4) is 0 Å². The van der Waals surface area contributed by atoms with E-state index in [-0.39, 0.29) is 11.7 Å². The van der Waals surface area contributed by atoms with Gasteiger partial charge in [-0.15, -0.1) is 11.3 Å². The van der Waals surface area contributed by atoms with Gasteiger partial charge in [0.1, 0.15) is 5.75 Å². The Balaban J connectivity index is 1.04. The molecule has 1 aliphatic heterocycles. The summed E-state index contributed by atoms with van der Waals surface area (Å²) >= 11 is 1.78. The summed E-state index contributed by atoms with van der Waals surface area (Å²) in [6.07, 6.45) is 0.713. The van der Waals surface area contributed by atoms with E-state index in [1.54, 1.807) is 11.3 Å². The molecule has 0 unspecified atom stereocenters. The summed E-state index contributed by atoms with van der Waals surface area (Å²) in [4.78, 5) is 39.3. The van der Waals surface area contributed by atoms with Gasteiger partial charge >= 0.3 is 11.7 Å². The van der Waals surface area contributed by atoms with Crippen LogP contribution in [0, 0.1) is 0 Å². The van der Waals surface area contributed by atoms with Crippen molar-refractivity contribution in [2.45, 2.75) is 13.0 Å². The van der Waals surface area contributed by atoms with Crippen LogP contribution in [0.2, 0.25) is 0 Å². The minimum absolute atomic E-state index is 0.00735. The maximum atomic E-state index is 12.4. The summed E-state index contributed by atoms with van der Waals surface area (Å²) in [6, 6.07) is 11.7. The summed E-state index contributed by atoms with van der Waals surface area (Å²) in [6.45, 7) is 5.31. The third-order valence-electron chi connectivity index (χ3n) is 5.75. The lowest BCUT2D eigenvalue weighted by Crippen LogP contribution is -2.51. The van der Waals surface area contributed by atoms with E-state index in [0.717, 1.165) is 49.4 Å². The molecular formula is C23H26N6O3S. The van der Waals surface area contributed by atoms with E-state index in [1.807, 2.05) is 29.2 Å². The van der Waals surface area contributed by atoms with Gasteiger partial charge in [0.2, 0.25) is 0 Å². The second-order valence-corrected chi connectivity index (χ2v) is 9.13. The fraction of sp³-hybridized carbons (Fsp3) is 0.348. The van der Waals surface area contributed by atoms with Crippen LogP contribution in [-0.2, 0) is 6.54 Å². The number of hydrogen-bond acceptors (Lipinski definition) is 6. The quantitative estimate of drug-likeness (QED) is 0.363. The summed E-state index contributed by atoms with van der Waals surface area (Å²) < 4.78 is 5.84. The van der Waals surface area contributed by atoms with Gasteiger partial charge in [0.05, 0.1) is 17.6 Å². The molecule has 0 aliphatic carbocycles. The number of aromatic amines is 2. The van der Waals surface area contributed by atoms with Gasteiger partial charge in [-0.2, -0.15) is 0 Å². The first-order valence-corrected chi connectivity index (χ1v) is 12.0. The molecule has 10 heteroatoms. The van der Waals surface area contributed by atoms with Crippen LogP contribution in [0.25, 0.3) is 22.1 Å². The Hall–Kier alpha value is -3.37. The molecule has 33 heavy (non-hydrogen) atoms. The minimum Gasteiger partial charge on any atom is -0.494 e. The highest BCUT2D eigenvalue weighted by molar-refractivity contribution is 7.09. The third-order valence-corrected chi connectivity index (χ3v) is 6.61. The van der Waals surface area contributed by atoms with Crippen molar-refractivity contribution >= 4 is 39.4 Å². The average Bonchev–Trinajstić information content (AvgIpc) is 3.45. The van der Waals surface area contributed by atoms with Crippen LogP contribution in [0.15, 0.2) is 46.6 Å². The molecule has 3 N–H and O–H groups in total. The highest BCUT2D eigenvalue weighted by Gasteiger charge is 2.20. The van der Waals surface area contributed by atoms with Crippen molar-refractivity contribution in [3.8, 4) is 5.75 Å². The first-order valence-electron chi connectivity index (χ1n) is 11.1. The second-order valence-electron chi connectivity index (χ2n) is 8.09. The highest BCUT2D eigenvalue weighted by Crippen LogP contribution is 2.22. The molecular weight excluding hydrogens is 440 g/mol. The number of H-pyrrole nitrogens is 2. The number of fused-ring (bicyclic) bond motifs is 2. The Kier molecular flexibility index (Phi) is 6.27. The molecule has 1 aromatic carbocycles. The van der Waals surface area contributed by atoms with Gasteiger partial charge in [0.25, 0.3) is 0 Å². The Morgan fingerprint density at radius 3 is 2.85 bits per heavy atom. The minimum atomic E-state index is -0.272. The number of carbonyl (C=O) groups excluding carboxylic acids is 1. The number of imidazole rings is 1. The zero-order chi connectivity index (χ0) is 22.6. The lowest BCUT2D eigenvalue weighted by molar-refractivity contribution is 0.135. The number of rotatable bonds is 7. The van der Waals surface area contributed by atoms with Gasteiger partial charge in [-0.3, -0.25) is 9.88 Å². The predicted molar refractivity (Wildman–Crippen MR) is 129 cm³/mol. The SMILES string of the molecule is O=C(NCCCOc1ccc2nc3[nH]c(=O)[nH]c3cc2c1)N1CCN(Cc2cccs2)CC1. The normalized spacial score (nSPS) is 14.7. The van der Waals surface area contributed by atoms with Crippen LogP contribution in [-0.4, -0.2) is 70.1 Å². The Morgan fingerprint density at radius 1 is 1.15 bits per heavy atom. The van der Waals surface area contributed by atoms with Crippen LogP contribution < -0.4 is 15.7 Å². The standard InChI is InChI=1S/C23H26N6O3S/c30-22-26-20-14-16-13-17(4-5-19(16)25-21(20)27-22)32-11-2-6-24-23(31)29-9-7-28(8-10-29)15-18-3-1-12-33-18/h1,3-5,12-14H,2,6-11,15H2,(H,24,31)(H2,25,26,27,30). The number of hydrogen-bond donors (Lipinski definition) is 3. The van der Waals surface area contributed by atoms with E-state index < -0.39 is 0 Å². The first kappa shape index (κ1) is 21.5. The van der Waals surface area contributed by atoms with Gasteiger partial charge in [0, 0.05) is 49.5 Å². The van der Waals surface area contributed by atoms with Gasteiger partial charge in [-0.1, -0.05) is 6.07 Å². The number of amides is 2. The molecule has 5 rings (SSSR count). The van der Waals surface area contributed by atoms with E-state index in [9.17, 15) is 9.59 Å². The highest BCUT2D eigenvalue weighted by atomic mass is 32.1. The third kappa shape index (κ3) is 5.18. The number of benzene rings is 1. The van der Waals surface area contributed by atoms with Crippen molar-refractivity contribution < 1.29 is 9.53 Å². The fourth-order valence-electron chi connectivity index (χ4n) is 4.00. The number of nitrogens with one attached hydrogen (secondary N) is 3. The van der Waals surface area contributed by atoms with Gasteiger partial charge < -0.3 is 19.9 Å². The molecule has 172 valence electrons. The number of nitrogens with zero attached hydrogens (tertiary/aromatic N) is 3. The van der Waals surface area contributed by atoms with E-state index in [0.29, 0.717) is 30.7 Å². The second kappa shape index (κ2) is 9.63. The number of carbonyl (C=O) groups is 1. The molecule has 4 heterocycles. The topological polar surface area (TPSA) is 106 Å². The number of aromatic nitrogens is 3. The lowest BCUT2D eigenvalue weighted by atomic mass is 10.2. The molecule has 9 nitrogen and oxygen atoms in total.